The van der Waals surface area contributed by atoms with Crippen LogP contribution in [0.25, 0.3) is 0 Å². The summed E-state index contributed by atoms with van der Waals surface area (Å²) >= 11 is -1.23. The molecular formula is C15H32Sn. The van der Waals surface area contributed by atoms with E-state index >= 15 is 0 Å². The summed E-state index contributed by atoms with van der Waals surface area (Å²) in [4.78, 5) is 0. The summed E-state index contributed by atoms with van der Waals surface area (Å²) in [6, 6.07) is 0. The Morgan fingerprint density at radius 3 is 1.94 bits per heavy atom. The SMILES string of the molecule is C=CC[CH](CCC)[SnH]([CH2]CCC)[CH2]CCC. The maximum atomic E-state index is 3.96. The molecule has 1 unspecified atom stereocenters. The van der Waals surface area contributed by atoms with Crippen LogP contribution in [0.4, 0.5) is 0 Å². The van der Waals surface area contributed by atoms with E-state index in [9.17, 15) is 0 Å². The summed E-state index contributed by atoms with van der Waals surface area (Å²) < 4.78 is 4.41. The Kier molecular flexibility index (Phi) is 12.4. The van der Waals surface area contributed by atoms with Crippen molar-refractivity contribution in [3.63, 3.8) is 0 Å². The summed E-state index contributed by atoms with van der Waals surface area (Å²) in [5.74, 6) is 0. The average molecular weight is 331 g/mol. The molecule has 1 atom stereocenters. The molecule has 0 fully saturated rings. The van der Waals surface area contributed by atoms with Crippen LogP contribution in [0.1, 0.15) is 65.7 Å². The van der Waals surface area contributed by atoms with E-state index in [0.717, 1.165) is 3.93 Å². The summed E-state index contributed by atoms with van der Waals surface area (Å²) in [5, 5.41) is 0. The van der Waals surface area contributed by atoms with Crippen LogP contribution in [0.3, 0.4) is 0 Å². The van der Waals surface area contributed by atoms with E-state index in [0.29, 0.717) is 0 Å². The van der Waals surface area contributed by atoms with Gasteiger partial charge in [0, 0.05) is 0 Å². The Labute approximate surface area is 111 Å². The van der Waals surface area contributed by atoms with Crippen molar-refractivity contribution >= 4 is 19.8 Å². The normalized spacial score (nSPS) is 13.0. The Balaban J connectivity index is 4.20. The van der Waals surface area contributed by atoms with Crippen molar-refractivity contribution < 1.29 is 0 Å². The van der Waals surface area contributed by atoms with Crippen LogP contribution in [0.5, 0.6) is 0 Å². The third-order valence-electron chi connectivity index (χ3n) is 3.65. The van der Waals surface area contributed by atoms with Gasteiger partial charge in [0.2, 0.25) is 0 Å². The van der Waals surface area contributed by atoms with Crippen molar-refractivity contribution in [2.24, 2.45) is 0 Å². The van der Waals surface area contributed by atoms with Crippen molar-refractivity contribution in [2.75, 3.05) is 0 Å². The van der Waals surface area contributed by atoms with E-state index < -0.39 is 19.8 Å². The monoisotopic (exact) mass is 332 g/mol. The second kappa shape index (κ2) is 12.0. The molecule has 0 aromatic rings. The van der Waals surface area contributed by atoms with Gasteiger partial charge in [-0.2, -0.15) is 0 Å². The molecule has 0 bridgehead atoms. The topological polar surface area (TPSA) is 0 Å². The first kappa shape index (κ1) is 16.5. The van der Waals surface area contributed by atoms with Crippen molar-refractivity contribution in [2.45, 2.75) is 78.5 Å². The van der Waals surface area contributed by atoms with Crippen LogP contribution < -0.4 is 0 Å². The van der Waals surface area contributed by atoms with Gasteiger partial charge in [0.1, 0.15) is 0 Å². The molecule has 0 saturated carbocycles. The first-order chi connectivity index (χ1) is 7.79. The van der Waals surface area contributed by atoms with E-state index in [1.54, 1.807) is 8.87 Å². The van der Waals surface area contributed by atoms with Gasteiger partial charge in [-0.05, 0) is 0 Å². The van der Waals surface area contributed by atoms with Crippen molar-refractivity contribution in [1.29, 1.82) is 0 Å². The molecule has 0 N–H and O–H groups in total. The van der Waals surface area contributed by atoms with Crippen LogP contribution in [0.2, 0.25) is 12.8 Å². The molecule has 96 valence electrons. The summed E-state index contributed by atoms with van der Waals surface area (Å²) in [6.45, 7) is 11.0. The zero-order valence-corrected chi connectivity index (χ0v) is 15.1. The van der Waals surface area contributed by atoms with E-state index in [1.165, 1.54) is 44.9 Å². The van der Waals surface area contributed by atoms with Gasteiger partial charge in [0.05, 0.1) is 0 Å². The average Bonchev–Trinajstić information content (AvgIpc) is 2.29. The maximum absolute atomic E-state index is 3.96. The summed E-state index contributed by atoms with van der Waals surface area (Å²) in [7, 11) is 0. The van der Waals surface area contributed by atoms with Gasteiger partial charge in [-0.3, -0.25) is 0 Å². The molecule has 0 radical (unpaired) electrons. The predicted octanol–water partition coefficient (Wildman–Crippen LogP) is 5.56. The first-order valence-corrected chi connectivity index (χ1v) is 14.0. The molecule has 0 saturated heterocycles. The Bertz CT molecular complexity index is 146. The fraction of sp³-hybridized carbons (Fsp3) is 0.867. The van der Waals surface area contributed by atoms with Crippen molar-refractivity contribution in [1.82, 2.24) is 0 Å². The summed E-state index contributed by atoms with van der Waals surface area (Å²) in [5.41, 5.74) is 0. The molecule has 0 nitrogen and oxygen atoms in total. The molecule has 0 aliphatic rings. The predicted molar refractivity (Wildman–Crippen MR) is 80.1 cm³/mol. The Morgan fingerprint density at radius 1 is 1.00 bits per heavy atom. The standard InChI is InChI=1S/C7H13.2C4H9.Sn.H/c1-3-5-7-6-4-2;2*1-3-4-2;;/h3,7H,1,4-6H2,2H3;2*1,3-4H2,2H3;;. The van der Waals surface area contributed by atoms with Crippen molar-refractivity contribution in [3.8, 4) is 0 Å². The van der Waals surface area contributed by atoms with E-state index in [1.807, 2.05) is 0 Å². The fourth-order valence-electron chi connectivity index (χ4n) is 2.68. The van der Waals surface area contributed by atoms with Crippen LogP contribution in [-0.4, -0.2) is 19.8 Å². The van der Waals surface area contributed by atoms with E-state index in [-0.39, 0.29) is 0 Å². The molecule has 0 aromatic carbocycles. The van der Waals surface area contributed by atoms with Gasteiger partial charge in [-0.25, -0.2) is 0 Å². The number of hydrogen-bond acceptors (Lipinski definition) is 0. The van der Waals surface area contributed by atoms with E-state index in [4.69, 9.17) is 0 Å². The molecular weight excluding hydrogens is 299 g/mol. The number of unbranched alkanes of at least 4 members (excludes halogenated alkanes) is 2. The zero-order valence-electron chi connectivity index (χ0n) is 11.8. The minimum absolute atomic E-state index is 1.11. The molecule has 0 aliphatic carbocycles. The molecule has 1 heteroatoms. The molecule has 0 amide bonds. The van der Waals surface area contributed by atoms with Gasteiger partial charge < -0.3 is 0 Å². The fourth-order valence-corrected chi connectivity index (χ4v) is 15.5. The van der Waals surface area contributed by atoms with Crippen LogP contribution in [-0.2, 0) is 0 Å². The Hall–Kier alpha value is 0.539. The molecule has 0 aliphatic heterocycles. The van der Waals surface area contributed by atoms with Gasteiger partial charge in [0.15, 0.2) is 0 Å². The number of allylic oxidation sites excluding steroid dienone is 1. The van der Waals surface area contributed by atoms with Gasteiger partial charge in [0.25, 0.3) is 0 Å². The van der Waals surface area contributed by atoms with Crippen molar-refractivity contribution in [3.05, 3.63) is 12.7 Å². The third-order valence-corrected chi connectivity index (χ3v) is 15.7. The quantitative estimate of drug-likeness (QED) is 0.343. The Morgan fingerprint density at radius 2 is 1.56 bits per heavy atom. The van der Waals surface area contributed by atoms with Gasteiger partial charge in [-0.15, -0.1) is 0 Å². The second-order valence-electron chi connectivity index (χ2n) is 5.12. The molecule has 0 rings (SSSR count). The van der Waals surface area contributed by atoms with Gasteiger partial charge in [-0.1, -0.05) is 0 Å². The third kappa shape index (κ3) is 7.75. The zero-order chi connectivity index (χ0) is 12.2. The number of rotatable bonds is 11. The molecule has 16 heavy (non-hydrogen) atoms. The van der Waals surface area contributed by atoms with Crippen LogP contribution in [0.15, 0.2) is 12.7 Å². The molecule has 0 heterocycles. The first-order valence-electron chi connectivity index (χ1n) is 7.40. The number of hydrogen-bond donors (Lipinski definition) is 0. The van der Waals surface area contributed by atoms with Crippen LogP contribution in [0, 0.1) is 0 Å². The molecule has 0 spiro atoms. The van der Waals surface area contributed by atoms with Gasteiger partial charge >= 0.3 is 111 Å². The summed E-state index contributed by atoms with van der Waals surface area (Å²) in [6.07, 6.45) is 12.2. The molecule has 0 aromatic heterocycles. The minimum atomic E-state index is -1.23. The van der Waals surface area contributed by atoms with E-state index in [2.05, 4.69) is 33.4 Å². The second-order valence-corrected chi connectivity index (χ2v) is 15.4. The van der Waals surface area contributed by atoms with Crippen LogP contribution >= 0.6 is 0 Å².